The molecule has 0 spiro atoms. The van der Waals surface area contributed by atoms with E-state index in [0.29, 0.717) is 5.92 Å². The van der Waals surface area contributed by atoms with Gasteiger partial charge in [0.15, 0.2) is 5.13 Å². The van der Waals surface area contributed by atoms with Crippen molar-refractivity contribution in [2.45, 2.75) is 46.6 Å². The van der Waals surface area contributed by atoms with E-state index in [1.54, 1.807) is 11.3 Å². The molecule has 0 saturated carbocycles. The highest BCUT2D eigenvalue weighted by Gasteiger charge is 2.29. The number of aromatic nitrogens is 1. The van der Waals surface area contributed by atoms with Crippen LogP contribution < -0.4 is 4.90 Å². The minimum Gasteiger partial charge on any atom is -0.391 e. The van der Waals surface area contributed by atoms with E-state index in [1.807, 2.05) is 0 Å². The number of nitrogens with zero attached hydrogens (tertiary/aromatic N) is 2. The summed E-state index contributed by atoms with van der Waals surface area (Å²) in [7, 11) is 0. The molecule has 3 nitrogen and oxygen atoms in total. The lowest BCUT2D eigenvalue weighted by molar-refractivity contribution is 0.283. The molecule has 18 heavy (non-hydrogen) atoms. The minimum atomic E-state index is 0.121. The molecule has 0 radical (unpaired) electrons. The monoisotopic (exact) mass is 268 g/mol. The molecule has 2 heterocycles. The number of hydrogen-bond acceptors (Lipinski definition) is 4. The van der Waals surface area contributed by atoms with Crippen LogP contribution in [-0.2, 0) is 6.61 Å². The molecule has 0 aliphatic carbocycles. The number of rotatable bonds is 4. The molecule has 4 heteroatoms. The van der Waals surface area contributed by atoms with Crippen molar-refractivity contribution in [3.8, 4) is 0 Å². The van der Waals surface area contributed by atoms with Crippen LogP contribution in [0.3, 0.4) is 0 Å². The van der Waals surface area contributed by atoms with Gasteiger partial charge in [-0.3, -0.25) is 0 Å². The zero-order chi connectivity index (χ0) is 13.3. The lowest BCUT2D eigenvalue weighted by Crippen LogP contribution is -2.19. The Morgan fingerprint density at radius 1 is 1.39 bits per heavy atom. The minimum absolute atomic E-state index is 0.121. The first-order chi connectivity index (χ1) is 8.56. The molecule has 3 atom stereocenters. The van der Waals surface area contributed by atoms with Crippen LogP contribution >= 0.6 is 11.3 Å². The standard InChI is InChI=1S/C14H24N2OS/c1-5-9(2)13-12(8-17)18-14(15-13)16-6-10(3)11(4)7-16/h9-11,17H,5-8H2,1-4H3. The van der Waals surface area contributed by atoms with Gasteiger partial charge in [0.1, 0.15) is 0 Å². The molecular formula is C14H24N2OS. The molecule has 1 aliphatic heterocycles. The topological polar surface area (TPSA) is 36.4 Å². The van der Waals surface area contributed by atoms with E-state index in [9.17, 15) is 5.11 Å². The third kappa shape index (κ3) is 2.54. The van der Waals surface area contributed by atoms with Gasteiger partial charge in [-0.1, -0.05) is 39.0 Å². The highest BCUT2D eigenvalue weighted by atomic mass is 32.1. The summed E-state index contributed by atoms with van der Waals surface area (Å²) in [6.07, 6.45) is 1.07. The lowest BCUT2D eigenvalue weighted by atomic mass is 10.0. The fraction of sp³-hybridized carbons (Fsp3) is 0.786. The third-order valence-electron chi connectivity index (χ3n) is 4.20. The number of hydrogen-bond donors (Lipinski definition) is 1. The summed E-state index contributed by atoms with van der Waals surface area (Å²) in [4.78, 5) is 8.21. The summed E-state index contributed by atoms with van der Waals surface area (Å²) >= 11 is 1.67. The molecular weight excluding hydrogens is 244 g/mol. The van der Waals surface area contributed by atoms with Crippen molar-refractivity contribution in [3.05, 3.63) is 10.6 Å². The van der Waals surface area contributed by atoms with E-state index in [4.69, 9.17) is 4.98 Å². The van der Waals surface area contributed by atoms with Gasteiger partial charge in [0, 0.05) is 13.1 Å². The first kappa shape index (κ1) is 13.8. The van der Waals surface area contributed by atoms with E-state index in [-0.39, 0.29) is 6.61 Å². The number of aliphatic hydroxyl groups is 1. The van der Waals surface area contributed by atoms with Crippen molar-refractivity contribution in [1.29, 1.82) is 0 Å². The van der Waals surface area contributed by atoms with E-state index in [0.717, 1.165) is 47.0 Å². The SMILES string of the molecule is CCC(C)c1nc(N2CC(C)C(C)C2)sc1CO. The molecule has 2 rings (SSSR count). The Kier molecular flexibility index (Phi) is 4.28. The predicted molar refractivity (Wildman–Crippen MR) is 77.3 cm³/mol. The molecule has 1 saturated heterocycles. The summed E-state index contributed by atoms with van der Waals surface area (Å²) in [5.74, 6) is 1.91. The Morgan fingerprint density at radius 2 is 2.00 bits per heavy atom. The van der Waals surface area contributed by atoms with E-state index >= 15 is 0 Å². The van der Waals surface area contributed by atoms with Crippen LogP contribution in [0, 0.1) is 11.8 Å². The number of anilines is 1. The largest absolute Gasteiger partial charge is 0.391 e. The molecule has 1 aromatic rings. The van der Waals surface area contributed by atoms with Crippen LogP contribution in [0.4, 0.5) is 5.13 Å². The summed E-state index contributed by atoms with van der Waals surface area (Å²) in [6.45, 7) is 11.3. The van der Waals surface area contributed by atoms with Crippen molar-refractivity contribution in [2.24, 2.45) is 11.8 Å². The van der Waals surface area contributed by atoms with Gasteiger partial charge in [-0.05, 0) is 24.2 Å². The second kappa shape index (κ2) is 5.57. The Morgan fingerprint density at radius 3 is 2.50 bits per heavy atom. The van der Waals surface area contributed by atoms with Gasteiger partial charge in [-0.2, -0.15) is 0 Å². The fourth-order valence-electron chi connectivity index (χ4n) is 2.46. The Labute approximate surface area is 114 Å². The lowest BCUT2D eigenvalue weighted by Gasteiger charge is -2.13. The summed E-state index contributed by atoms with van der Waals surface area (Å²) in [5, 5.41) is 10.6. The van der Waals surface area contributed by atoms with E-state index < -0.39 is 0 Å². The smallest absolute Gasteiger partial charge is 0.185 e. The molecule has 0 amide bonds. The van der Waals surface area contributed by atoms with Crippen LogP contribution in [-0.4, -0.2) is 23.2 Å². The van der Waals surface area contributed by atoms with Crippen molar-refractivity contribution >= 4 is 16.5 Å². The van der Waals surface area contributed by atoms with Gasteiger partial charge in [0.05, 0.1) is 17.2 Å². The fourth-order valence-corrected chi connectivity index (χ4v) is 3.52. The summed E-state index contributed by atoms with van der Waals surface area (Å²) < 4.78 is 0. The van der Waals surface area contributed by atoms with Crippen LogP contribution in [0.2, 0.25) is 0 Å². The predicted octanol–water partition coefficient (Wildman–Crippen LogP) is 3.24. The average molecular weight is 268 g/mol. The second-order valence-electron chi connectivity index (χ2n) is 5.63. The maximum Gasteiger partial charge on any atom is 0.185 e. The van der Waals surface area contributed by atoms with Crippen molar-refractivity contribution in [1.82, 2.24) is 4.98 Å². The summed E-state index contributed by atoms with van der Waals surface area (Å²) in [5.41, 5.74) is 1.10. The molecule has 1 aliphatic rings. The van der Waals surface area contributed by atoms with Crippen molar-refractivity contribution < 1.29 is 5.11 Å². The Bertz CT molecular complexity index is 394. The summed E-state index contributed by atoms with van der Waals surface area (Å²) in [6, 6.07) is 0. The third-order valence-corrected chi connectivity index (χ3v) is 5.31. The normalized spacial score (nSPS) is 25.7. The number of aliphatic hydroxyl groups excluding tert-OH is 1. The maximum absolute atomic E-state index is 9.47. The number of thiazole rings is 1. The molecule has 1 aromatic heterocycles. The average Bonchev–Trinajstić information content (AvgIpc) is 2.93. The Balaban J connectivity index is 2.22. The quantitative estimate of drug-likeness (QED) is 0.910. The maximum atomic E-state index is 9.47. The zero-order valence-electron chi connectivity index (χ0n) is 11.8. The van der Waals surface area contributed by atoms with Gasteiger partial charge >= 0.3 is 0 Å². The molecule has 1 fully saturated rings. The van der Waals surface area contributed by atoms with Crippen molar-refractivity contribution in [3.63, 3.8) is 0 Å². The van der Waals surface area contributed by atoms with Gasteiger partial charge in [-0.25, -0.2) is 4.98 Å². The van der Waals surface area contributed by atoms with Crippen molar-refractivity contribution in [2.75, 3.05) is 18.0 Å². The van der Waals surface area contributed by atoms with Crippen LogP contribution in [0.1, 0.15) is 50.6 Å². The molecule has 0 aromatic carbocycles. The molecule has 1 N–H and O–H groups in total. The second-order valence-corrected chi connectivity index (χ2v) is 6.69. The molecule has 0 bridgehead atoms. The zero-order valence-corrected chi connectivity index (χ0v) is 12.6. The van der Waals surface area contributed by atoms with Crippen LogP contribution in [0.25, 0.3) is 0 Å². The van der Waals surface area contributed by atoms with Crippen LogP contribution in [0.5, 0.6) is 0 Å². The van der Waals surface area contributed by atoms with Gasteiger partial charge in [0.25, 0.3) is 0 Å². The molecule has 102 valence electrons. The first-order valence-corrected chi connectivity index (χ1v) is 7.73. The van der Waals surface area contributed by atoms with Gasteiger partial charge < -0.3 is 10.0 Å². The highest BCUT2D eigenvalue weighted by molar-refractivity contribution is 7.15. The Hall–Kier alpha value is -0.610. The van der Waals surface area contributed by atoms with E-state index in [2.05, 4.69) is 32.6 Å². The van der Waals surface area contributed by atoms with Gasteiger partial charge in [-0.15, -0.1) is 0 Å². The van der Waals surface area contributed by atoms with E-state index in [1.165, 1.54) is 0 Å². The highest BCUT2D eigenvalue weighted by Crippen LogP contribution is 2.35. The first-order valence-electron chi connectivity index (χ1n) is 6.92. The van der Waals surface area contributed by atoms with Gasteiger partial charge in [0.2, 0.25) is 0 Å². The molecule has 3 unspecified atom stereocenters. The van der Waals surface area contributed by atoms with Crippen LogP contribution in [0.15, 0.2) is 0 Å².